The van der Waals surface area contributed by atoms with Crippen molar-refractivity contribution in [2.45, 2.75) is 25.9 Å². The molecular weight excluding hydrogens is 326 g/mol. The minimum Gasteiger partial charge on any atom is -0.351 e. The molecule has 2 heterocycles. The molecule has 6 nitrogen and oxygen atoms in total. The number of non-ortho nitro benzene ring substituents is 1. The van der Waals surface area contributed by atoms with Gasteiger partial charge < -0.3 is 5.32 Å². The van der Waals surface area contributed by atoms with E-state index in [2.05, 4.69) is 28.6 Å². The molecule has 7 heteroatoms. The van der Waals surface area contributed by atoms with Gasteiger partial charge in [0.25, 0.3) is 11.6 Å². The Kier molecular flexibility index (Phi) is 4.92. The van der Waals surface area contributed by atoms with E-state index in [1.807, 2.05) is 0 Å². The molecule has 1 aromatic heterocycles. The van der Waals surface area contributed by atoms with E-state index in [0.29, 0.717) is 18.2 Å². The van der Waals surface area contributed by atoms with Crippen LogP contribution in [-0.2, 0) is 13.0 Å². The van der Waals surface area contributed by atoms with E-state index in [4.69, 9.17) is 0 Å². The van der Waals surface area contributed by atoms with E-state index in [-0.39, 0.29) is 11.6 Å². The SMILES string of the molecule is CC1Cc2ccsc2CN1CCNC(=O)c1ccc([N+](=O)[O-])cc1. The van der Waals surface area contributed by atoms with Gasteiger partial charge in [-0.2, -0.15) is 0 Å². The predicted molar refractivity (Wildman–Crippen MR) is 93.3 cm³/mol. The Labute approximate surface area is 144 Å². The van der Waals surface area contributed by atoms with E-state index in [0.717, 1.165) is 19.5 Å². The smallest absolute Gasteiger partial charge is 0.269 e. The molecule has 1 N–H and O–H groups in total. The Morgan fingerprint density at radius 3 is 2.83 bits per heavy atom. The fraction of sp³-hybridized carbons (Fsp3) is 0.353. The third kappa shape index (κ3) is 3.63. The van der Waals surface area contributed by atoms with Crippen LogP contribution in [0.2, 0.25) is 0 Å². The third-order valence-corrected chi connectivity index (χ3v) is 5.30. The topological polar surface area (TPSA) is 75.5 Å². The van der Waals surface area contributed by atoms with Crippen LogP contribution in [0.15, 0.2) is 35.7 Å². The first-order chi connectivity index (χ1) is 11.5. The van der Waals surface area contributed by atoms with Crippen LogP contribution in [0.5, 0.6) is 0 Å². The van der Waals surface area contributed by atoms with E-state index in [1.165, 1.54) is 34.7 Å². The number of hydrogen-bond donors (Lipinski definition) is 1. The zero-order valence-corrected chi connectivity index (χ0v) is 14.2. The highest BCUT2D eigenvalue weighted by Crippen LogP contribution is 2.27. The second kappa shape index (κ2) is 7.11. The highest BCUT2D eigenvalue weighted by Gasteiger charge is 2.23. The number of amides is 1. The Bertz CT molecular complexity index is 742. The van der Waals surface area contributed by atoms with Gasteiger partial charge in [0.2, 0.25) is 0 Å². The van der Waals surface area contributed by atoms with Gasteiger partial charge in [-0.25, -0.2) is 0 Å². The van der Waals surface area contributed by atoms with Crippen molar-refractivity contribution >= 4 is 22.9 Å². The van der Waals surface area contributed by atoms with Gasteiger partial charge in [0.05, 0.1) is 4.92 Å². The summed E-state index contributed by atoms with van der Waals surface area (Å²) in [5.74, 6) is -0.202. The molecule has 0 bridgehead atoms. The molecule has 24 heavy (non-hydrogen) atoms. The average molecular weight is 345 g/mol. The van der Waals surface area contributed by atoms with Gasteiger partial charge in [-0.1, -0.05) is 0 Å². The van der Waals surface area contributed by atoms with Crippen molar-refractivity contribution in [3.05, 3.63) is 61.8 Å². The summed E-state index contributed by atoms with van der Waals surface area (Å²) in [7, 11) is 0. The minimum absolute atomic E-state index is 0.0135. The van der Waals surface area contributed by atoms with E-state index in [1.54, 1.807) is 11.3 Å². The number of rotatable bonds is 5. The van der Waals surface area contributed by atoms with Crippen LogP contribution in [-0.4, -0.2) is 34.9 Å². The van der Waals surface area contributed by atoms with Gasteiger partial charge in [-0.3, -0.25) is 19.8 Å². The molecule has 1 atom stereocenters. The standard InChI is InChI=1S/C17H19N3O3S/c1-12-10-14-6-9-24-16(14)11-19(12)8-7-18-17(21)13-2-4-15(5-3-13)20(22)23/h2-6,9,12H,7-8,10-11H2,1H3,(H,18,21). The van der Waals surface area contributed by atoms with Gasteiger partial charge >= 0.3 is 0 Å². The molecule has 2 aromatic rings. The Morgan fingerprint density at radius 1 is 1.38 bits per heavy atom. The molecule has 1 unspecified atom stereocenters. The van der Waals surface area contributed by atoms with Crippen LogP contribution in [0.3, 0.4) is 0 Å². The van der Waals surface area contributed by atoms with E-state index < -0.39 is 4.92 Å². The maximum absolute atomic E-state index is 12.1. The number of nitro benzene ring substituents is 1. The van der Waals surface area contributed by atoms with Crippen LogP contribution in [0.1, 0.15) is 27.7 Å². The van der Waals surface area contributed by atoms with Crippen molar-refractivity contribution in [3.63, 3.8) is 0 Å². The summed E-state index contributed by atoms with van der Waals surface area (Å²) in [5, 5.41) is 15.7. The van der Waals surface area contributed by atoms with Crippen molar-refractivity contribution in [1.82, 2.24) is 10.2 Å². The van der Waals surface area contributed by atoms with Crippen LogP contribution in [0.25, 0.3) is 0 Å². The highest BCUT2D eigenvalue weighted by atomic mass is 32.1. The van der Waals surface area contributed by atoms with E-state index in [9.17, 15) is 14.9 Å². The lowest BCUT2D eigenvalue weighted by molar-refractivity contribution is -0.384. The molecule has 0 fully saturated rings. The first-order valence-corrected chi connectivity index (χ1v) is 8.74. The molecule has 1 aromatic carbocycles. The quantitative estimate of drug-likeness (QED) is 0.668. The van der Waals surface area contributed by atoms with Crippen molar-refractivity contribution in [2.24, 2.45) is 0 Å². The zero-order chi connectivity index (χ0) is 17.1. The normalized spacial score (nSPS) is 17.3. The average Bonchev–Trinajstić information content (AvgIpc) is 3.02. The number of carbonyl (C=O) groups excluding carboxylic acids is 1. The first kappa shape index (κ1) is 16.6. The number of hydrogen-bond acceptors (Lipinski definition) is 5. The molecule has 0 saturated heterocycles. The molecule has 1 aliphatic rings. The number of nitrogens with zero attached hydrogens (tertiary/aromatic N) is 2. The summed E-state index contributed by atoms with van der Waals surface area (Å²) in [4.78, 5) is 26.0. The van der Waals surface area contributed by atoms with Gasteiger partial charge in [-0.05, 0) is 42.5 Å². The minimum atomic E-state index is -0.474. The fourth-order valence-corrected chi connectivity index (χ4v) is 3.86. The highest BCUT2D eigenvalue weighted by molar-refractivity contribution is 7.10. The Balaban J connectivity index is 1.51. The Hall–Kier alpha value is -2.25. The molecule has 3 rings (SSSR count). The van der Waals surface area contributed by atoms with Crippen LogP contribution in [0, 0.1) is 10.1 Å². The predicted octanol–water partition coefficient (Wildman–Crippen LogP) is 2.83. The third-order valence-electron chi connectivity index (χ3n) is 4.35. The molecule has 0 aliphatic carbocycles. The summed E-state index contributed by atoms with van der Waals surface area (Å²) in [5.41, 5.74) is 1.87. The van der Waals surface area contributed by atoms with Crippen molar-refractivity contribution in [2.75, 3.05) is 13.1 Å². The lowest BCUT2D eigenvalue weighted by Crippen LogP contribution is -2.42. The number of benzene rings is 1. The number of nitrogens with one attached hydrogen (secondary N) is 1. The van der Waals surface area contributed by atoms with Gasteiger partial charge in [0, 0.05) is 48.2 Å². The summed E-state index contributed by atoms with van der Waals surface area (Å²) >= 11 is 1.79. The molecule has 0 saturated carbocycles. The number of fused-ring (bicyclic) bond motifs is 1. The van der Waals surface area contributed by atoms with Crippen molar-refractivity contribution < 1.29 is 9.72 Å². The van der Waals surface area contributed by atoms with Crippen molar-refractivity contribution in [3.8, 4) is 0 Å². The summed E-state index contributed by atoms with van der Waals surface area (Å²) < 4.78 is 0. The second-order valence-electron chi connectivity index (χ2n) is 5.95. The summed E-state index contributed by atoms with van der Waals surface area (Å²) in [6, 6.07) is 8.32. The van der Waals surface area contributed by atoms with Crippen LogP contribution < -0.4 is 5.32 Å². The first-order valence-electron chi connectivity index (χ1n) is 7.86. The molecular formula is C17H19N3O3S. The molecule has 0 spiro atoms. The summed E-state index contributed by atoms with van der Waals surface area (Å²) in [6.07, 6.45) is 1.05. The maximum atomic E-state index is 12.1. The molecule has 126 valence electrons. The molecule has 0 radical (unpaired) electrons. The summed E-state index contributed by atoms with van der Waals surface area (Å²) in [6.45, 7) is 4.48. The van der Waals surface area contributed by atoms with Crippen molar-refractivity contribution in [1.29, 1.82) is 0 Å². The lowest BCUT2D eigenvalue weighted by atomic mass is 10.0. The fourth-order valence-electron chi connectivity index (χ4n) is 2.92. The molecule has 1 amide bonds. The van der Waals surface area contributed by atoms with Gasteiger partial charge in [-0.15, -0.1) is 11.3 Å². The van der Waals surface area contributed by atoms with E-state index >= 15 is 0 Å². The van der Waals surface area contributed by atoms with Crippen LogP contribution >= 0.6 is 11.3 Å². The lowest BCUT2D eigenvalue weighted by Gasteiger charge is -2.33. The second-order valence-corrected chi connectivity index (χ2v) is 6.95. The largest absolute Gasteiger partial charge is 0.351 e. The number of carbonyl (C=O) groups is 1. The zero-order valence-electron chi connectivity index (χ0n) is 13.4. The monoisotopic (exact) mass is 345 g/mol. The molecule has 1 aliphatic heterocycles. The van der Waals surface area contributed by atoms with Gasteiger partial charge in [0.15, 0.2) is 0 Å². The van der Waals surface area contributed by atoms with Crippen LogP contribution in [0.4, 0.5) is 5.69 Å². The maximum Gasteiger partial charge on any atom is 0.269 e. The van der Waals surface area contributed by atoms with Gasteiger partial charge in [0.1, 0.15) is 0 Å². The number of nitro groups is 1. The number of thiophene rings is 1. The Morgan fingerprint density at radius 2 is 2.12 bits per heavy atom.